The summed E-state index contributed by atoms with van der Waals surface area (Å²) >= 11 is 1.28. The maximum absolute atomic E-state index is 13.1. The number of carbonyl (C=O) groups is 2. The summed E-state index contributed by atoms with van der Waals surface area (Å²) in [4.78, 5) is 27.8. The van der Waals surface area contributed by atoms with Crippen LogP contribution in [-0.2, 0) is 6.54 Å². The lowest BCUT2D eigenvalue weighted by Gasteiger charge is -2.25. The highest BCUT2D eigenvalue weighted by Gasteiger charge is 2.19. The Bertz CT molecular complexity index is 1230. The van der Waals surface area contributed by atoms with Crippen molar-refractivity contribution in [3.63, 3.8) is 0 Å². The SMILES string of the molecule is Cc1ccc(C=NNC(=O)c2c(C)csc2NC(=O)c2cccc(CN(CC(C)O)CC(C)O)c2)cc1. The Balaban J connectivity index is 1.69. The zero-order valence-corrected chi connectivity index (χ0v) is 22.4. The van der Waals surface area contributed by atoms with E-state index in [9.17, 15) is 19.8 Å². The molecule has 0 saturated carbocycles. The Labute approximate surface area is 221 Å². The minimum Gasteiger partial charge on any atom is -0.392 e. The van der Waals surface area contributed by atoms with Crippen LogP contribution in [-0.4, -0.2) is 58.4 Å². The van der Waals surface area contributed by atoms with Crippen LogP contribution in [0.5, 0.6) is 0 Å². The highest BCUT2D eigenvalue weighted by atomic mass is 32.1. The molecule has 3 aromatic rings. The molecule has 1 heterocycles. The minimum absolute atomic E-state index is 0.335. The zero-order chi connectivity index (χ0) is 26.9. The average Bonchev–Trinajstić information content (AvgIpc) is 3.19. The minimum atomic E-state index is -0.543. The van der Waals surface area contributed by atoms with Gasteiger partial charge in [0.2, 0.25) is 0 Å². The van der Waals surface area contributed by atoms with Crippen molar-refractivity contribution < 1.29 is 19.8 Å². The van der Waals surface area contributed by atoms with Gasteiger partial charge in [-0.25, -0.2) is 5.43 Å². The summed E-state index contributed by atoms with van der Waals surface area (Å²) in [5, 5.41) is 28.7. The lowest BCUT2D eigenvalue weighted by Crippen LogP contribution is -2.35. The van der Waals surface area contributed by atoms with Crippen molar-refractivity contribution >= 4 is 34.4 Å². The Kier molecular flexibility index (Phi) is 10.1. The summed E-state index contributed by atoms with van der Waals surface area (Å²) in [6, 6.07) is 14.9. The van der Waals surface area contributed by atoms with Crippen molar-refractivity contribution in [3.05, 3.63) is 87.3 Å². The predicted molar refractivity (Wildman–Crippen MR) is 148 cm³/mol. The molecule has 2 atom stereocenters. The first-order valence-corrected chi connectivity index (χ1v) is 13.0. The first-order valence-electron chi connectivity index (χ1n) is 12.1. The summed E-state index contributed by atoms with van der Waals surface area (Å²) < 4.78 is 0. The number of aryl methyl sites for hydroxylation is 2. The zero-order valence-electron chi connectivity index (χ0n) is 21.6. The molecule has 1 aromatic heterocycles. The van der Waals surface area contributed by atoms with Gasteiger partial charge in [-0.1, -0.05) is 42.0 Å². The van der Waals surface area contributed by atoms with Crippen molar-refractivity contribution in [2.45, 2.75) is 46.4 Å². The van der Waals surface area contributed by atoms with E-state index in [1.807, 2.05) is 54.5 Å². The van der Waals surface area contributed by atoms with Crippen molar-refractivity contribution in [1.82, 2.24) is 10.3 Å². The van der Waals surface area contributed by atoms with Crippen LogP contribution in [0.25, 0.3) is 0 Å². The van der Waals surface area contributed by atoms with E-state index in [2.05, 4.69) is 15.8 Å². The number of benzene rings is 2. The van der Waals surface area contributed by atoms with Crippen LogP contribution in [0.15, 0.2) is 59.0 Å². The molecule has 3 rings (SSSR count). The third-order valence-corrected chi connectivity index (χ3v) is 6.54. The monoisotopic (exact) mass is 522 g/mol. The van der Waals surface area contributed by atoms with Gasteiger partial charge in [-0.3, -0.25) is 14.5 Å². The van der Waals surface area contributed by atoms with Crippen molar-refractivity contribution in [2.75, 3.05) is 18.4 Å². The van der Waals surface area contributed by atoms with E-state index >= 15 is 0 Å². The molecular formula is C28H34N4O4S. The van der Waals surface area contributed by atoms with Gasteiger partial charge in [-0.05, 0) is 61.9 Å². The second-order valence-corrected chi connectivity index (χ2v) is 10.2. The smallest absolute Gasteiger partial charge is 0.274 e. The van der Waals surface area contributed by atoms with Gasteiger partial charge in [0.05, 0.1) is 24.0 Å². The summed E-state index contributed by atoms with van der Waals surface area (Å²) in [5.74, 6) is -0.739. The Morgan fingerprint density at radius 3 is 2.35 bits per heavy atom. The van der Waals surface area contributed by atoms with Crippen LogP contribution < -0.4 is 10.7 Å². The van der Waals surface area contributed by atoms with Crippen LogP contribution in [0.1, 0.15) is 56.8 Å². The summed E-state index contributed by atoms with van der Waals surface area (Å²) in [5.41, 5.74) is 6.97. The molecule has 4 N–H and O–H groups in total. The van der Waals surface area contributed by atoms with E-state index < -0.39 is 18.1 Å². The summed E-state index contributed by atoms with van der Waals surface area (Å²) in [6.45, 7) is 8.48. The summed E-state index contributed by atoms with van der Waals surface area (Å²) in [7, 11) is 0. The van der Waals surface area contributed by atoms with Gasteiger partial charge in [0.25, 0.3) is 11.8 Å². The third-order valence-electron chi connectivity index (χ3n) is 5.53. The Morgan fingerprint density at radius 2 is 1.70 bits per heavy atom. The van der Waals surface area contributed by atoms with Gasteiger partial charge in [-0.15, -0.1) is 11.3 Å². The quantitative estimate of drug-likeness (QED) is 0.225. The van der Waals surface area contributed by atoms with Gasteiger partial charge in [-0.2, -0.15) is 5.10 Å². The predicted octanol–water partition coefficient (Wildman–Crippen LogP) is 3.94. The molecule has 0 spiro atoms. The second kappa shape index (κ2) is 13.3. The van der Waals surface area contributed by atoms with E-state index in [4.69, 9.17) is 0 Å². The number of thiophene rings is 1. The van der Waals surface area contributed by atoms with Gasteiger partial charge < -0.3 is 15.5 Å². The maximum Gasteiger partial charge on any atom is 0.274 e. The number of nitrogens with one attached hydrogen (secondary N) is 2. The number of aliphatic hydroxyl groups is 2. The number of amides is 2. The van der Waals surface area contributed by atoms with Crippen molar-refractivity contribution in [2.24, 2.45) is 5.10 Å². The van der Waals surface area contributed by atoms with Crippen LogP contribution in [0, 0.1) is 13.8 Å². The van der Waals surface area contributed by atoms with E-state index in [0.29, 0.717) is 35.8 Å². The van der Waals surface area contributed by atoms with Gasteiger partial charge in [0.1, 0.15) is 5.00 Å². The molecule has 0 radical (unpaired) electrons. The molecule has 2 unspecified atom stereocenters. The average molecular weight is 523 g/mol. The van der Waals surface area contributed by atoms with E-state index in [0.717, 1.165) is 22.3 Å². The second-order valence-electron chi connectivity index (χ2n) is 9.28. The molecule has 37 heavy (non-hydrogen) atoms. The van der Waals surface area contributed by atoms with Crippen LogP contribution in [0.3, 0.4) is 0 Å². The van der Waals surface area contributed by atoms with Crippen LogP contribution >= 0.6 is 11.3 Å². The molecule has 2 aromatic carbocycles. The lowest BCUT2D eigenvalue weighted by molar-refractivity contribution is 0.0793. The van der Waals surface area contributed by atoms with Gasteiger partial charge in [0.15, 0.2) is 0 Å². The first kappa shape index (κ1) is 28.2. The molecule has 0 aliphatic carbocycles. The molecule has 0 bridgehead atoms. The van der Waals surface area contributed by atoms with E-state index in [1.54, 1.807) is 38.3 Å². The number of nitrogens with zero attached hydrogens (tertiary/aromatic N) is 2. The molecule has 196 valence electrons. The molecule has 0 aliphatic heterocycles. The highest BCUT2D eigenvalue weighted by Crippen LogP contribution is 2.28. The highest BCUT2D eigenvalue weighted by molar-refractivity contribution is 7.15. The number of hydrogen-bond donors (Lipinski definition) is 4. The molecule has 8 nitrogen and oxygen atoms in total. The number of aliphatic hydroxyl groups excluding tert-OH is 2. The fourth-order valence-corrected chi connectivity index (χ4v) is 4.82. The Hall–Kier alpha value is -3.37. The number of hydrogen-bond acceptors (Lipinski definition) is 7. The molecule has 0 aliphatic rings. The fraction of sp³-hybridized carbons (Fsp3) is 0.321. The largest absolute Gasteiger partial charge is 0.392 e. The van der Waals surface area contributed by atoms with Crippen LogP contribution in [0.2, 0.25) is 0 Å². The summed E-state index contributed by atoms with van der Waals surface area (Å²) in [6.07, 6.45) is 0.484. The Morgan fingerprint density at radius 1 is 1.03 bits per heavy atom. The van der Waals surface area contributed by atoms with Crippen molar-refractivity contribution in [1.29, 1.82) is 0 Å². The molecule has 0 saturated heterocycles. The number of anilines is 1. The fourth-order valence-electron chi connectivity index (χ4n) is 3.89. The standard InChI is InChI=1S/C28H34N4O4S/c1-18-8-10-22(11-9-18)13-29-31-27(36)25-19(2)17-37-28(25)30-26(35)24-7-5-6-23(12-24)16-32(14-20(3)33)15-21(4)34/h5-13,17,20-21,33-34H,14-16H2,1-4H3,(H,30,35)(H,31,36). The normalized spacial score (nSPS) is 13.1. The molecule has 9 heteroatoms. The number of rotatable bonds is 11. The number of hydrazone groups is 1. The molecule has 2 amide bonds. The van der Waals surface area contributed by atoms with Crippen LogP contribution in [0.4, 0.5) is 5.00 Å². The maximum atomic E-state index is 13.1. The van der Waals surface area contributed by atoms with Gasteiger partial charge >= 0.3 is 0 Å². The number of carbonyl (C=O) groups excluding carboxylic acids is 2. The molecule has 0 fully saturated rings. The third kappa shape index (κ3) is 8.61. The first-order chi connectivity index (χ1) is 17.6. The lowest BCUT2D eigenvalue weighted by atomic mass is 10.1. The van der Waals surface area contributed by atoms with Crippen molar-refractivity contribution in [3.8, 4) is 0 Å². The van der Waals surface area contributed by atoms with Gasteiger partial charge in [0, 0.05) is 25.2 Å². The van der Waals surface area contributed by atoms with E-state index in [-0.39, 0.29) is 5.91 Å². The van der Waals surface area contributed by atoms with E-state index in [1.165, 1.54) is 11.3 Å². The molecular weight excluding hydrogens is 488 g/mol. The topological polar surface area (TPSA) is 114 Å².